The molecule has 6 heteroatoms. The van der Waals surface area contributed by atoms with Crippen LogP contribution in [0.15, 0.2) is 36.4 Å². The molecule has 2 aromatic rings. The van der Waals surface area contributed by atoms with E-state index in [0.29, 0.717) is 6.61 Å². The third-order valence-corrected chi connectivity index (χ3v) is 5.02. The first-order valence-corrected chi connectivity index (χ1v) is 9.27. The van der Waals surface area contributed by atoms with Gasteiger partial charge in [-0.15, -0.1) is 0 Å². The van der Waals surface area contributed by atoms with Crippen molar-refractivity contribution >= 4 is 73.7 Å². The molecule has 0 fully saturated rings. The van der Waals surface area contributed by atoms with Crippen LogP contribution < -0.4 is 4.74 Å². The standard InChI is InChI=1S/C15H11I3O3/c16-11-6-12(17)15(13(18)7-11)21-8-10-4-2-1-3-9(10)5-14(19)20/h1-4,6-7H,5,8H2,(H,19,20). The Morgan fingerprint density at radius 3 is 2.19 bits per heavy atom. The number of carbonyl (C=O) groups is 1. The molecule has 2 aromatic carbocycles. The van der Waals surface area contributed by atoms with E-state index in [1.807, 2.05) is 24.3 Å². The fraction of sp³-hybridized carbons (Fsp3) is 0.133. The maximum absolute atomic E-state index is 10.9. The van der Waals surface area contributed by atoms with E-state index < -0.39 is 5.97 Å². The summed E-state index contributed by atoms with van der Waals surface area (Å²) in [5.41, 5.74) is 1.70. The summed E-state index contributed by atoms with van der Waals surface area (Å²) >= 11 is 6.78. The Morgan fingerprint density at radius 1 is 1.05 bits per heavy atom. The minimum Gasteiger partial charge on any atom is -0.487 e. The molecule has 0 unspecified atom stereocenters. The second kappa shape index (κ2) is 7.95. The molecular weight excluding hydrogens is 609 g/mol. The Bertz CT molecular complexity index is 648. The molecule has 0 atom stereocenters. The molecule has 0 heterocycles. The summed E-state index contributed by atoms with van der Waals surface area (Å²) in [4.78, 5) is 10.9. The summed E-state index contributed by atoms with van der Waals surface area (Å²) in [6.07, 6.45) is 0.0143. The summed E-state index contributed by atoms with van der Waals surface area (Å²) in [5.74, 6) is 0.0163. The van der Waals surface area contributed by atoms with Crippen molar-refractivity contribution in [2.24, 2.45) is 0 Å². The summed E-state index contributed by atoms with van der Waals surface area (Å²) in [6.45, 7) is 0.371. The Balaban J connectivity index is 2.19. The largest absolute Gasteiger partial charge is 0.487 e. The van der Waals surface area contributed by atoms with Crippen LogP contribution in [-0.4, -0.2) is 11.1 Å². The molecule has 0 aliphatic carbocycles. The molecule has 0 saturated carbocycles. The van der Waals surface area contributed by atoms with Crippen LogP contribution in [0.5, 0.6) is 5.75 Å². The summed E-state index contributed by atoms with van der Waals surface area (Å²) in [5, 5.41) is 8.95. The Labute approximate surface area is 163 Å². The van der Waals surface area contributed by atoms with Gasteiger partial charge in [0.25, 0.3) is 0 Å². The van der Waals surface area contributed by atoms with E-state index in [-0.39, 0.29) is 6.42 Å². The minimum atomic E-state index is -0.833. The second-order valence-corrected chi connectivity index (χ2v) is 7.90. The highest BCUT2D eigenvalue weighted by Crippen LogP contribution is 2.30. The van der Waals surface area contributed by atoms with Gasteiger partial charge in [-0.05, 0) is 91.0 Å². The van der Waals surface area contributed by atoms with Gasteiger partial charge in [0, 0.05) is 3.57 Å². The van der Waals surface area contributed by atoms with E-state index in [1.165, 1.54) is 3.57 Å². The molecule has 0 saturated heterocycles. The number of hydrogen-bond donors (Lipinski definition) is 1. The SMILES string of the molecule is O=C(O)Cc1ccccc1COc1c(I)cc(I)cc1I. The molecule has 2 rings (SSSR count). The molecule has 0 spiro atoms. The van der Waals surface area contributed by atoms with Gasteiger partial charge in [-0.2, -0.15) is 0 Å². The van der Waals surface area contributed by atoms with Crippen LogP contribution in [-0.2, 0) is 17.8 Å². The average molecular weight is 620 g/mol. The van der Waals surface area contributed by atoms with Gasteiger partial charge in [0.2, 0.25) is 0 Å². The van der Waals surface area contributed by atoms with Gasteiger partial charge < -0.3 is 9.84 Å². The van der Waals surface area contributed by atoms with E-state index in [0.717, 1.165) is 24.0 Å². The molecule has 0 aliphatic heterocycles. The molecule has 0 bridgehead atoms. The van der Waals surface area contributed by atoms with Gasteiger partial charge >= 0.3 is 5.97 Å². The van der Waals surface area contributed by atoms with Crippen LogP contribution in [0.25, 0.3) is 0 Å². The number of benzene rings is 2. The monoisotopic (exact) mass is 620 g/mol. The van der Waals surface area contributed by atoms with E-state index >= 15 is 0 Å². The summed E-state index contributed by atoms with van der Waals surface area (Å²) in [7, 11) is 0. The molecule has 0 aliphatic rings. The van der Waals surface area contributed by atoms with Crippen LogP contribution in [0.1, 0.15) is 11.1 Å². The van der Waals surface area contributed by atoms with Crippen LogP contribution in [0.3, 0.4) is 0 Å². The highest BCUT2D eigenvalue weighted by molar-refractivity contribution is 14.1. The zero-order chi connectivity index (χ0) is 15.4. The van der Waals surface area contributed by atoms with Crippen molar-refractivity contribution < 1.29 is 14.6 Å². The fourth-order valence-corrected chi connectivity index (χ4v) is 5.74. The van der Waals surface area contributed by atoms with E-state index in [1.54, 1.807) is 0 Å². The summed E-state index contributed by atoms with van der Waals surface area (Å²) in [6, 6.07) is 11.6. The highest BCUT2D eigenvalue weighted by Gasteiger charge is 2.11. The van der Waals surface area contributed by atoms with Crippen molar-refractivity contribution in [1.29, 1.82) is 0 Å². The molecule has 1 N–H and O–H groups in total. The Hall–Kier alpha value is -0.1000. The van der Waals surface area contributed by atoms with Gasteiger partial charge in [0.05, 0.1) is 13.6 Å². The van der Waals surface area contributed by atoms with Crippen molar-refractivity contribution in [1.82, 2.24) is 0 Å². The Morgan fingerprint density at radius 2 is 1.62 bits per heavy atom. The predicted octanol–water partition coefficient (Wildman–Crippen LogP) is 4.71. The minimum absolute atomic E-state index is 0.0143. The molecule has 21 heavy (non-hydrogen) atoms. The van der Waals surface area contributed by atoms with Crippen LogP contribution in [0, 0.1) is 10.7 Å². The Kier molecular flexibility index (Phi) is 6.53. The topological polar surface area (TPSA) is 46.5 Å². The first-order valence-electron chi connectivity index (χ1n) is 6.03. The summed E-state index contributed by atoms with van der Waals surface area (Å²) < 4.78 is 9.20. The number of ether oxygens (including phenoxy) is 1. The van der Waals surface area contributed by atoms with Gasteiger partial charge in [-0.3, -0.25) is 4.79 Å². The van der Waals surface area contributed by atoms with Crippen molar-refractivity contribution in [2.45, 2.75) is 13.0 Å². The lowest BCUT2D eigenvalue weighted by molar-refractivity contribution is -0.136. The van der Waals surface area contributed by atoms with Crippen molar-refractivity contribution in [2.75, 3.05) is 0 Å². The third kappa shape index (κ3) is 4.95. The van der Waals surface area contributed by atoms with Gasteiger partial charge in [-0.25, -0.2) is 0 Å². The second-order valence-electron chi connectivity index (χ2n) is 4.33. The normalized spacial score (nSPS) is 10.4. The molecular formula is C15H11I3O3. The van der Waals surface area contributed by atoms with E-state index in [2.05, 4.69) is 79.9 Å². The molecule has 0 aromatic heterocycles. The molecule has 3 nitrogen and oxygen atoms in total. The van der Waals surface area contributed by atoms with Crippen molar-refractivity contribution in [3.8, 4) is 5.75 Å². The van der Waals surface area contributed by atoms with Crippen LogP contribution >= 0.6 is 67.8 Å². The van der Waals surface area contributed by atoms with Crippen LogP contribution in [0.2, 0.25) is 0 Å². The van der Waals surface area contributed by atoms with Crippen molar-refractivity contribution in [3.63, 3.8) is 0 Å². The maximum atomic E-state index is 10.9. The number of halogens is 3. The third-order valence-electron chi connectivity index (χ3n) is 2.80. The number of hydrogen-bond acceptors (Lipinski definition) is 2. The lowest BCUT2D eigenvalue weighted by Gasteiger charge is -2.13. The smallest absolute Gasteiger partial charge is 0.307 e. The fourth-order valence-electron chi connectivity index (χ4n) is 1.85. The molecule has 0 amide bonds. The predicted molar refractivity (Wildman–Crippen MR) is 107 cm³/mol. The first kappa shape index (κ1) is 17.3. The van der Waals surface area contributed by atoms with Crippen LogP contribution in [0.4, 0.5) is 0 Å². The molecule has 110 valence electrons. The number of carboxylic acid groups (broad SMARTS) is 1. The number of aliphatic carboxylic acids is 1. The first-order chi connectivity index (χ1) is 9.97. The van der Waals surface area contributed by atoms with Gasteiger partial charge in [0.15, 0.2) is 0 Å². The van der Waals surface area contributed by atoms with Crippen molar-refractivity contribution in [3.05, 3.63) is 58.2 Å². The van der Waals surface area contributed by atoms with E-state index in [4.69, 9.17) is 9.84 Å². The molecule has 0 radical (unpaired) electrons. The lowest BCUT2D eigenvalue weighted by Crippen LogP contribution is -2.06. The maximum Gasteiger partial charge on any atom is 0.307 e. The lowest BCUT2D eigenvalue weighted by atomic mass is 10.1. The zero-order valence-electron chi connectivity index (χ0n) is 10.8. The number of carboxylic acids is 1. The zero-order valence-corrected chi connectivity index (χ0v) is 17.2. The average Bonchev–Trinajstić information content (AvgIpc) is 2.38. The quantitative estimate of drug-likeness (QED) is 0.494. The number of rotatable bonds is 5. The van der Waals surface area contributed by atoms with Gasteiger partial charge in [0.1, 0.15) is 12.4 Å². The van der Waals surface area contributed by atoms with E-state index in [9.17, 15) is 4.79 Å². The highest BCUT2D eigenvalue weighted by atomic mass is 127. The van der Waals surface area contributed by atoms with Gasteiger partial charge in [-0.1, -0.05) is 24.3 Å².